The van der Waals surface area contributed by atoms with Gasteiger partial charge in [0.2, 0.25) is 0 Å². The molecule has 2 unspecified atom stereocenters. The highest BCUT2D eigenvalue weighted by Gasteiger charge is 2.32. The van der Waals surface area contributed by atoms with Gasteiger partial charge < -0.3 is 10.1 Å². The van der Waals surface area contributed by atoms with Gasteiger partial charge in [0.05, 0.1) is 5.75 Å². The number of benzene rings is 2. The average molecular weight is 514 g/mol. The van der Waals surface area contributed by atoms with Gasteiger partial charge in [0, 0.05) is 19.6 Å². The molecule has 4 rings (SSSR count). The molecule has 5 nitrogen and oxygen atoms in total. The molecule has 0 aliphatic heterocycles. The Morgan fingerprint density at radius 1 is 1.11 bits per heavy atom. The first-order chi connectivity index (χ1) is 16.9. The van der Waals surface area contributed by atoms with E-state index in [0.717, 1.165) is 38.5 Å². The maximum atomic E-state index is 12.5. The van der Waals surface area contributed by atoms with Crippen LogP contribution in [0.3, 0.4) is 0 Å². The molecule has 1 saturated carbocycles. The predicted octanol–water partition coefficient (Wildman–Crippen LogP) is 6.27. The number of hydrogen-bond donors (Lipinski definition) is 1. The monoisotopic (exact) mass is 513 g/mol. The Morgan fingerprint density at radius 3 is 2.36 bits per heavy atom. The van der Waals surface area contributed by atoms with Crippen LogP contribution in [0.5, 0.6) is 0 Å². The summed E-state index contributed by atoms with van der Waals surface area (Å²) in [6, 6.07) is 17.3. The third kappa shape index (κ3) is 9.45. The Morgan fingerprint density at radius 2 is 1.81 bits per heavy atom. The van der Waals surface area contributed by atoms with Crippen LogP contribution in [-0.2, 0) is 33.8 Å². The minimum absolute atomic E-state index is 0. The van der Waals surface area contributed by atoms with Crippen LogP contribution in [0.1, 0.15) is 69.6 Å². The number of ether oxygens (including phenoxy) is 1. The molecule has 2 aliphatic rings. The second-order valence-corrected chi connectivity index (χ2v) is 13.3. The molecular formula is C30H43NO4S. The number of carbonyl (C=O) groups is 1. The number of nitrogens with one attached hydrogen (secondary N) is 1. The molecule has 0 aromatic heterocycles. The van der Waals surface area contributed by atoms with E-state index in [1.54, 1.807) is 0 Å². The number of carbonyl (C=O) groups excluding carboxylic acids is 1. The lowest BCUT2D eigenvalue weighted by molar-refractivity contribution is 0.0491. The first kappa shape index (κ1) is 28.0. The van der Waals surface area contributed by atoms with Crippen LogP contribution in [0.2, 0.25) is 0 Å². The Kier molecular flexibility index (Phi) is 9.40. The zero-order valence-corrected chi connectivity index (χ0v) is 22.9. The normalized spacial score (nSPS) is 19.3. The highest BCUT2D eigenvalue weighted by molar-refractivity contribution is 7.90. The van der Waals surface area contributed by atoms with Gasteiger partial charge in [-0.05, 0) is 87.5 Å². The van der Waals surface area contributed by atoms with Crippen LogP contribution in [0.4, 0.5) is 4.79 Å². The summed E-state index contributed by atoms with van der Waals surface area (Å²) in [5.74, 6) is 1.14. The minimum Gasteiger partial charge on any atom is -0.444 e. The Bertz CT molecular complexity index is 1140. The Balaban J connectivity index is 0.000000457. The van der Waals surface area contributed by atoms with Gasteiger partial charge in [-0.2, -0.15) is 0 Å². The van der Waals surface area contributed by atoms with Gasteiger partial charge in [-0.15, -0.1) is 6.58 Å². The van der Waals surface area contributed by atoms with Crippen LogP contribution in [0, 0.1) is 5.92 Å². The number of fused-ring (bicyclic) bond motifs is 1. The van der Waals surface area contributed by atoms with E-state index in [1.165, 1.54) is 28.5 Å². The molecule has 1 amide bonds. The molecule has 2 atom stereocenters. The maximum Gasteiger partial charge on any atom is 0.407 e. The fraction of sp³-hybridized carbons (Fsp3) is 0.500. The van der Waals surface area contributed by atoms with E-state index in [0.29, 0.717) is 11.7 Å². The fourth-order valence-electron chi connectivity index (χ4n) is 4.70. The molecular weight excluding hydrogens is 470 g/mol. The van der Waals surface area contributed by atoms with E-state index < -0.39 is 15.4 Å². The van der Waals surface area contributed by atoms with E-state index in [9.17, 15) is 13.2 Å². The van der Waals surface area contributed by atoms with E-state index in [2.05, 4.69) is 54.4 Å². The molecule has 6 heteroatoms. The SMILES string of the molecule is C=CCc1ccc2c(c1)C(Cc1ccccc1)C(NC(=O)OC(C)(C)C)CC2.CS(=O)(=O)CC1CC1.[HH]. The summed E-state index contributed by atoms with van der Waals surface area (Å²) in [5.41, 5.74) is 4.78. The summed E-state index contributed by atoms with van der Waals surface area (Å²) in [5, 5.41) is 3.16. The summed E-state index contributed by atoms with van der Waals surface area (Å²) in [6.45, 7) is 9.55. The number of sulfone groups is 1. The van der Waals surface area contributed by atoms with Crippen molar-refractivity contribution in [3.05, 3.63) is 83.4 Å². The lowest BCUT2D eigenvalue weighted by Gasteiger charge is -2.35. The topological polar surface area (TPSA) is 72.5 Å². The Labute approximate surface area is 218 Å². The second kappa shape index (κ2) is 12.1. The smallest absolute Gasteiger partial charge is 0.407 e. The van der Waals surface area contributed by atoms with Crippen molar-refractivity contribution >= 4 is 15.9 Å². The van der Waals surface area contributed by atoms with Crippen LogP contribution in [0.15, 0.2) is 61.2 Å². The van der Waals surface area contributed by atoms with Crippen molar-refractivity contribution in [3.8, 4) is 0 Å². The van der Waals surface area contributed by atoms with Gasteiger partial charge in [-0.1, -0.05) is 54.6 Å². The summed E-state index contributed by atoms with van der Waals surface area (Å²) >= 11 is 0. The molecule has 0 spiro atoms. The van der Waals surface area contributed by atoms with Gasteiger partial charge in [-0.3, -0.25) is 0 Å². The lowest BCUT2D eigenvalue weighted by atomic mass is 9.75. The minimum atomic E-state index is -2.66. The molecule has 2 aromatic rings. The standard InChI is InChI=1S/C25H31NO2.C5H10O2S.H2/c1-5-9-18-12-13-20-14-15-23(26-24(27)28-25(2,3)4)22(21(20)16-18)17-19-10-7-6-8-11-19;1-8(6,7)4-5-2-3-5;/h5-8,10-13,16,22-23H,1,9,14-15,17H2,2-4H3,(H,26,27);5H,2-4H2,1H3;1H. The van der Waals surface area contributed by atoms with Crippen molar-refractivity contribution < 1.29 is 19.4 Å². The number of rotatable bonds is 7. The molecule has 0 saturated heterocycles. The summed E-state index contributed by atoms with van der Waals surface area (Å²) in [4.78, 5) is 12.5. The number of amides is 1. The number of hydrogen-bond acceptors (Lipinski definition) is 4. The molecule has 1 fully saturated rings. The molecule has 0 radical (unpaired) electrons. The fourth-order valence-corrected chi connectivity index (χ4v) is 5.89. The van der Waals surface area contributed by atoms with Gasteiger partial charge in [0.15, 0.2) is 0 Å². The molecule has 0 heterocycles. The number of allylic oxidation sites excluding steroid dienone is 1. The third-order valence-corrected chi connectivity index (χ3v) is 7.51. The van der Waals surface area contributed by atoms with E-state index in [1.807, 2.05) is 32.9 Å². The maximum absolute atomic E-state index is 12.5. The van der Waals surface area contributed by atoms with Crippen LogP contribution >= 0.6 is 0 Å². The van der Waals surface area contributed by atoms with Crippen molar-refractivity contribution in [2.45, 2.75) is 76.9 Å². The first-order valence-electron chi connectivity index (χ1n) is 12.9. The zero-order valence-electron chi connectivity index (χ0n) is 22.1. The predicted molar refractivity (Wildman–Crippen MR) is 149 cm³/mol. The summed E-state index contributed by atoms with van der Waals surface area (Å²) in [7, 11) is -2.66. The molecule has 2 aliphatic carbocycles. The number of aryl methyl sites for hydroxylation is 1. The lowest BCUT2D eigenvalue weighted by Crippen LogP contribution is -2.44. The molecule has 2 aromatic carbocycles. The first-order valence-corrected chi connectivity index (χ1v) is 14.9. The number of alkyl carbamates (subject to hydrolysis) is 1. The molecule has 36 heavy (non-hydrogen) atoms. The van der Waals surface area contributed by atoms with Crippen molar-refractivity contribution in [1.82, 2.24) is 5.32 Å². The van der Waals surface area contributed by atoms with Gasteiger partial charge in [0.25, 0.3) is 0 Å². The van der Waals surface area contributed by atoms with Gasteiger partial charge in [-0.25, -0.2) is 13.2 Å². The highest BCUT2D eigenvalue weighted by Crippen LogP contribution is 2.35. The van der Waals surface area contributed by atoms with Crippen molar-refractivity contribution in [3.63, 3.8) is 0 Å². The van der Waals surface area contributed by atoms with Crippen LogP contribution < -0.4 is 5.32 Å². The van der Waals surface area contributed by atoms with Gasteiger partial charge in [0.1, 0.15) is 15.4 Å². The van der Waals surface area contributed by atoms with Crippen LogP contribution in [0.25, 0.3) is 0 Å². The van der Waals surface area contributed by atoms with E-state index in [-0.39, 0.29) is 19.5 Å². The molecule has 1 N–H and O–H groups in total. The van der Waals surface area contributed by atoms with E-state index >= 15 is 0 Å². The quantitative estimate of drug-likeness (QED) is 0.443. The average Bonchev–Trinajstić information content (AvgIpc) is 3.58. The zero-order chi connectivity index (χ0) is 26.3. The summed E-state index contributed by atoms with van der Waals surface area (Å²) in [6.07, 6.45) is 8.78. The van der Waals surface area contributed by atoms with Crippen LogP contribution in [-0.4, -0.2) is 38.2 Å². The Hall–Kier alpha value is -2.60. The summed E-state index contributed by atoms with van der Waals surface area (Å²) < 4.78 is 26.5. The largest absolute Gasteiger partial charge is 0.444 e. The van der Waals surface area contributed by atoms with Crippen molar-refractivity contribution in [1.29, 1.82) is 0 Å². The second-order valence-electron chi connectivity index (χ2n) is 11.1. The van der Waals surface area contributed by atoms with E-state index in [4.69, 9.17) is 4.74 Å². The van der Waals surface area contributed by atoms with Gasteiger partial charge >= 0.3 is 6.09 Å². The third-order valence-electron chi connectivity index (χ3n) is 6.44. The molecule has 0 bridgehead atoms. The highest BCUT2D eigenvalue weighted by atomic mass is 32.2. The van der Waals surface area contributed by atoms with Crippen molar-refractivity contribution in [2.75, 3.05) is 12.0 Å². The van der Waals surface area contributed by atoms with Crippen molar-refractivity contribution in [2.24, 2.45) is 5.92 Å². The molecule has 198 valence electrons.